The molecular formula is C18H15N3O4S2. The molecule has 0 bridgehead atoms. The predicted molar refractivity (Wildman–Crippen MR) is 107 cm³/mol. The van der Waals surface area contributed by atoms with E-state index in [1.807, 2.05) is 35.7 Å². The molecule has 0 saturated heterocycles. The molecule has 138 valence electrons. The van der Waals surface area contributed by atoms with Crippen LogP contribution in [-0.4, -0.2) is 28.7 Å². The van der Waals surface area contributed by atoms with Crippen molar-refractivity contribution < 1.29 is 14.5 Å². The zero-order valence-electron chi connectivity index (χ0n) is 14.2. The van der Waals surface area contributed by atoms with E-state index in [2.05, 4.69) is 10.3 Å². The van der Waals surface area contributed by atoms with Crippen LogP contribution in [0.3, 0.4) is 0 Å². The molecule has 3 rings (SSSR count). The fraction of sp³-hybridized carbons (Fsp3) is 0.111. The van der Waals surface area contributed by atoms with Gasteiger partial charge in [0.25, 0.3) is 5.69 Å². The Hall–Kier alpha value is -2.91. The zero-order chi connectivity index (χ0) is 19.2. The lowest BCUT2D eigenvalue weighted by atomic mass is 10.2. The second-order valence-electron chi connectivity index (χ2n) is 5.34. The summed E-state index contributed by atoms with van der Waals surface area (Å²) in [5, 5.41) is 15.5. The number of anilines is 1. The normalized spacial score (nSPS) is 10.4. The average molecular weight is 401 g/mol. The van der Waals surface area contributed by atoms with Gasteiger partial charge in [-0.2, -0.15) is 0 Å². The Labute approximate surface area is 163 Å². The Morgan fingerprint density at radius 3 is 2.78 bits per heavy atom. The third-order valence-corrected chi connectivity index (χ3v) is 5.57. The molecule has 0 aliphatic heterocycles. The number of ether oxygens (including phenoxy) is 1. The summed E-state index contributed by atoms with van der Waals surface area (Å²) in [5.41, 5.74) is 2.03. The lowest BCUT2D eigenvalue weighted by Gasteiger charge is -2.09. The van der Waals surface area contributed by atoms with Gasteiger partial charge < -0.3 is 10.1 Å². The number of hydrogen-bond acceptors (Lipinski definition) is 7. The number of methoxy groups -OCH3 is 1. The summed E-state index contributed by atoms with van der Waals surface area (Å²) in [6.45, 7) is 0. The van der Waals surface area contributed by atoms with Crippen LogP contribution in [0, 0.1) is 10.1 Å². The molecule has 0 aliphatic carbocycles. The summed E-state index contributed by atoms with van der Waals surface area (Å²) in [6.07, 6.45) is 0. The standard InChI is InChI=1S/C18H15N3O4S2/c1-25-16-8-7-13(21(23)24)9-14(16)19-17(22)11-27-18-20-15(10-26-18)12-5-3-2-4-6-12/h2-10H,11H2,1H3,(H,19,22). The quantitative estimate of drug-likeness (QED) is 0.357. The number of benzene rings is 2. The van der Waals surface area contributed by atoms with Gasteiger partial charge in [-0.25, -0.2) is 4.98 Å². The molecule has 1 heterocycles. The molecule has 0 spiro atoms. The van der Waals surface area contributed by atoms with Crippen LogP contribution in [0.15, 0.2) is 58.3 Å². The van der Waals surface area contributed by atoms with Crippen LogP contribution in [0.4, 0.5) is 11.4 Å². The van der Waals surface area contributed by atoms with Crippen molar-refractivity contribution in [2.24, 2.45) is 0 Å². The lowest BCUT2D eigenvalue weighted by molar-refractivity contribution is -0.384. The van der Waals surface area contributed by atoms with Crippen molar-refractivity contribution in [3.8, 4) is 17.0 Å². The number of non-ortho nitro benzene ring substituents is 1. The molecule has 0 unspecified atom stereocenters. The smallest absolute Gasteiger partial charge is 0.271 e. The summed E-state index contributed by atoms with van der Waals surface area (Å²) >= 11 is 2.77. The maximum atomic E-state index is 12.2. The largest absolute Gasteiger partial charge is 0.495 e. The summed E-state index contributed by atoms with van der Waals surface area (Å²) in [7, 11) is 1.44. The first kappa shape index (κ1) is 18.9. The number of thioether (sulfide) groups is 1. The molecule has 9 heteroatoms. The number of hydrogen-bond donors (Lipinski definition) is 1. The molecule has 0 atom stereocenters. The van der Waals surface area contributed by atoms with Crippen molar-refractivity contribution in [2.75, 3.05) is 18.2 Å². The lowest BCUT2D eigenvalue weighted by Crippen LogP contribution is -2.14. The van der Waals surface area contributed by atoms with Crippen LogP contribution in [0.5, 0.6) is 5.75 Å². The zero-order valence-corrected chi connectivity index (χ0v) is 15.9. The van der Waals surface area contributed by atoms with Crippen molar-refractivity contribution in [2.45, 2.75) is 4.34 Å². The van der Waals surface area contributed by atoms with Gasteiger partial charge in [0.1, 0.15) is 5.75 Å². The SMILES string of the molecule is COc1ccc([N+](=O)[O-])cc1NC(=O)CSc1nc(-c2ccccc2)cs1. The minimum atomic E-state index is -0.523. The molecule has 0 radical (unpaired) electrons. The summed E-state index contributed by atoms with van der Waals surface area (Å²) in [5.74, 6) is 0.197. The van der Waals surface area contributed by atoms with Crippen LogP contribution < -0.4 is 10.1 Å². The van der Waals surface area contributed by atoms with Crippen LogP contribution in [0.1, 0.15) is 0 Å². The number of rotatable bonds is 7. The van der Waals surface area contributed by atoms with E-state index in [0.29, 0.717) is 5.75 Å². The number of amides is 1. The van der Waals surface area contributed by atoms with E-state index in [1.54, 1.807) is 0 Å². The van der Waals surface area contributed by atoms with Gasteiger partial charge in [0, 0.05) is 23.1 Å². The first-order valence-electron chi connectivity index (χ1n) is 7.83. The Bertz CT molecular complexity index is 960. The minimum Gasteiger partial charge on any atom is -0.495 e. The fourth-order valence-corrected chi connectivity index (χ4v) is 3.92. The first-order chi connectivity index (χ1) is 13.1. The van der Waals surface area contributed by atoms with E-state index >= 15 is 0 Å². The number of aromatic nitrogens is 1. The van der Waals surface area contributed by atoms with Crippen molar-refractivity contribution >= 4 is 40.4 Å². The second-order valence-corrected chi connectivity index (χ2v) is 7.42. The number of carbonyl (C=O) groups excluding carboxylic acids is 1. The van der Waals surface area contributed by atoms with Gasteiger partial charge in [-0.3, -0.25) is 14.9 Å². The van der Waals surface area contributed by atoms with E-state index < -0.39 is 4.92 Å². The van der Waals surface area contributed by atoms with Crippen LogP contribution in [-0.2, 0) is 4.79 Å². The highest BCUT2D eigenvalue weighted by atomic mass is 32.2. The molecule has 1 N–H and O–H groups in total. The van der Waals surface area contributed by atoms with Gasteiger partial charge in [0.2, 0.25) is 5.91 Å². The predicted octanol–water partition coefficient (Wildman–Crippen LogP) is 4.46. The molecule has 27 heavy (non-hydrogen) atoms. The first-order valence-corrected chi connectivity index (χ1v) is 9.69. The van der Waals surface area contributed by atoms with E-state index in [1.165, 1.54) is 48.4 Å². The fourth-order valence-electron chi connectivity index (χ4n) is 2.29. The molecular weight excluding hydrogens is 386 g/mol. The third-order valence-electron chi connectivity index (χ3n) is 3.55. The Balaban J connectivity index is 1.63. The van der Waals surface area contributed by atoms with Crippen LogP contribution in [0.25, 0.3) is 11.3 Å². The number of carbonyl (C=O) groups is 1. The third kappa shape index (κ3) is 4.83. The minimum absolute atomic E-state index is 0.119. The topological polar surface area (TPSA) is 94.4 Å². The summed E-state index contributed by atoms with van der Waals surface area (Å²) < 4.78 is 5.91. The Kier molecular flexibility index (Phi) is 6.05. The van der Waals surface area contributed by atoms with Crippen molar-refractivity contribution in [3.05, 3.63) is 64.0 Å². The monoisotopic (exact) mass is 401 g/mol. The van der Waals surface area contributed by atoms with Gasteiger partial charge >= 0.3 is 0 Å². The molecule has 1 amide bonds. The summed E-state index contributed by atoms with van der Waals surface area (Å²) in [6, 6.07) is 13.8. The number of nitrogens with zero attached hydrogens (tertiary/aromatic N) is 2. The van der Waals surface area contributed by atoms with Crippen LogP contribution >= 0.6 is 23.1 Å². The van der Waals surface area contributed by atoms with Gasteiger partial charge in [0.05, 0.1) is 29.2 Å². The Morgan fingerprint density at radius 2 is 2.07 bits per heavy atom. The number of nitro groups is 1. The molecule has 0 saturated carbocycles. The Morgan fingerprint density at radius 1 is 1.30 bits per heavy atom. The molecule has 1 aromatic heterocycles. The molecule has 2 aromatic carbocycles. The van der Waals surface area contributed by atoms with Gasteiger partial charge in [-0.05, 0) is 6.07 Å². The van der Waals surface area contributed by atoms with E-state index in [0.717, 1.165) is 15.6 Å². The highest BCUT2D eigenvalue weighted by Gasteiger charge is 2.14. The van der Waals surface area contributed by atoms with Crippen LogP contribution in [0.2, 0.25) is 0 Å². The number of nitro benzene ring substituents is 1. The summed E-state index contributed by atoms with van der Waals surface area (Å²) in [4.78, 5) is 27.1. The average Bonchev–Trinajstić information content (AvgIpc) is 3.16. The van der Waals surface area contributed by atoms with Crippen molar-refractivity contribution in [1.29, 1.82) is 0 Å². The van der Waals surface area contributed by atoms with Crippen molar-refractivity contribution in [1.82, 2.24) is 4.98 Å². The van der Waals surface area contributed by atoms with Gasteiger partial charge in [-0.15, -0.1) is 11.3 Å². The molecule has 7 nitrogen and oxygen atoms in total. The maximum absolute atomic E-state index is 12.2. The van der Waals surface area contributed by atoms with Gasteiger partial charge in [-0.1, -0.05) is 42.1 Å². The molecule has 0 aliphatic rings. The number of thiazole rings is 1. The maximum Gasteiger partial charge on any atom is 0.271 e. The molecule has 0 fully saturated rings. The van der Waals surface area contributed by atoms with Gasteiger partial charge in [0.15, 0.2) is 4.34 Å². The highest BCUT2D eigenvalue weighted by Crippen LogP contribution is 2.30. The highest BCUT2D eigenvalue weighted by molar-refractivity contribution is 8.01. The van der Waals surface area contributed by atoms with E-state index in [9.17, 15) is 14.9 Å². The molecule has 3 aromatic rings. The van der Waals surface area contributed by atoms with Crippen molar-refractivity contribution in [3.63, 3.8) is 0 Å². The van der Waals surface area contributed by atoms with E-state index in [-0.39, 0.29) is 23.0 Å². The number of nitrogens with one attached hydrogen (secondary N) is 1. The van der Waals surface area contributed by atoms with E-state index in [4.69, 9.17) is 4.74 Å². The second kappa shape index (κ2) is 8.65.